The van der Waals surface area contributed by atoms with Crippen LogP contribution in [0, 0.1) is 23.7 Å². The molecule has 4 saturated heterocycles. The Hall–Kier alpha value is -3.07. The third kappa shape index (κ3) is 12.9. The first-order chi connectivity index (χ1) is 30.2. The van der Waals surface area contributed by atoms with E-state index >= 15 is 0 Å². The molecule has 4 heterocycles. The molecule has 372 valence electrons. The number of esters is 3. The van der Waals surface area contributed by atoms with Crippen molar-refractivity contribution < 1.29 is 76.5 Å². The van der Waals surface area contributed by atoms with Gasteiger partial charge in [-0.15, -0.1) is 0 Å². The van der Waals surface area contributed by atoms with Gasteiger partial charge in [0, 0.05) is 52.1 Å². The number of aliphatic hydroxyl groups is 1. The Morgan fingerprint density at radius 1 is 0.877 bits per heavy atom. The van der Waals surface area contributed by atoms with Crippen molar-refractivity contribution in [2.75, 3.05) is 34.4 Å². The fourth-order valence-corrected chi connectivity index (χ4v) is 10.3. The highest BCUT2D eigenvalue weighted by Crippen LogP contribution is 2.44. The zero-order valence-electron chi connectivity index (χ0n) is 41.6. The summed E-state index contributed by atoms with van der Waals surface area (Å²) in [6.07, 6.45) is -8.20. The summed E-state index contributed by atoms with van der Waals surface area (Å²) in [6, 6.07) is -0.312. The number of carbonyl (C=O) groups is 4. The average molecular weight is 927 g/mol. The van der Waals surface area contributed by atoms with Crippen molar-refractivity contribution in [3.63, 3.8) is 0 Å². The molecule has 0 unspecified atom stereocenters. The summed E-state index contributed by atoms with van der Waals surface area (Å²) in [5.41, 5.74) is -3.33. The van der Waals surface area contributed by atoms with Gasteiger partial charge in [0.15, 0.2) is 24.8 Å². The molecule has 4 aliphatic rings. The zero-order valence-corrected chi connectivity index (χ0v) is 41.6. The van der Waals surface area contributed by atoms with Gasteiger partial charge in [0.25, 0.3) is 0 Å². The number of fused-ring (bicyclic) bond motifs is 5. The Morgan fingerprint density at radius 3 is 2.09 bits per heavy atom. The highest BCUT2D eigenvalue weighted by molar-refractivity contribution is 5.89. The maximum absolute atomic E-state index is 14.8. The van der Waals surface area contributed by atoms with Crippen LogP contribution in [-0.4, -0.2) is 158 Å². The summed E-state index contributed by atoms with van der Waals surface area (Å²) < 4.78 is 64.8. The van der Waals surface area contributed by atoms with E-state index < -0.39 is 120 Å². The maximum Gasteiger partial charge on any atom is 0.331 e. The molecule has 18 atom stereocenters. The zero-order chi connectivity index (χ0) is 48.9. The van der Waals surface area contributed by atoms with Crippen LogP contribution >= 0.6 is 0 Å². The minimum absolute atomic E-state index is 0.0220. The third-order valence-electron chi connectivity index (χ3n) is 13.7. The fourth-order valence-electron chi connectivity index (χ4n) is 10.3. The van der Waals surface area contributed by atoms with E-state index in [-0.39, 0.29) is 44.6 Å². The van der Waals surface area contributed by atoms with Gasteiger partial charge in [0.2, 0.25) is 0 Å². The van der Waals surface area contributed by atoms with E-state index in [9.17, 15) is 24.3 Å². The molecule has 0 spiro atoms. The molecule has 18 heteroatoms. The minimum atomic E-state index is -1.83. The van der Waals surface area contributed by atoms with Crippen molar-refractivity contribution in [3.8, 4) is 0 Å². The molecule has 4 rings (SSSR count). The lowest BCUT2D eigenvalue weighted by Crippen LogP contribution is -2.62. The molecule has 0 radical (unpaired) electrons. The van der Waals surface area contributed by atoms with Crippen molar-refractivity contribution >= 4 is 29.6 Å². The molecule has 18 nitrogen and oxygen atoms in total. The van der Waals surface area contributed by atoms with Crippen LogP contribution in [-0.2, 0) is 71.4 Å². The number of nitrogens with zero attached hydrogens (tertiary/aromatic N) is 2. The van der Waals surface area contributed by atoms with Crippen LogP contribution in [0.3, 0.4) is 0 Å². The van der Waals surface area contributed by atoms with Gasteiger partial charge in [-0.2, -0.15) is 0 Å². The van der Waals surface area contributed by atoms with Gasteiger partial charge in [0.05, 0.1) is 67.0 Å². The quantitative estimate of drug-likeness (QED) is 0.102. The number of rotatable bonds is 10. The molecule has 0 saturated carbocycles. The summed E-state index contributed by atoms with van der Waals surface area (Å²) in [4.78, 5) is 59.4. The predicted octanol–water partition coefficient (Wildman–Crippen LogP) is 4.90. The van der Waals surface area contributed by atoms with E-state index in [0.29, 0.717) is 17.7 Å². The van der Waals surface area contributed by atoms with Crippen molar-refractivity contribution in [1.82, 2.24) is 4.90 Å². The van der Waals surface area contributed by atoms with Gasteiger partial charge in [0.1, 0.15) is 17.3 Å². The molecule has 4 aliphatic heterocycles. The predicted molar refractivity (Wildman–Crippen MR) is 236 cm³/mol. The van der Waals surface area contributed by atoms with Gasteiger partial charge in [-0.1, -0.05) is 39.4 Å². The summed E-state index contributed by atoms with van der Waals surface area (Å²) >= 11 is 0. The van der Waals surface area contributed by atoms with Crippen LogP contribution in [0.1, 0.15) is 116 Å². The summed E-state index contributed by atoms with van der Waals surface area (Å²) in [5.74, 6) is -5.49. The number of likely N-dealkylation sites (N-methyl/N-ethyl adjacent to an activating group) is 1. The molecule has 4 fully saturated rings. The average Bonchev–Trinajstić information content (AvgIpc) is 3.22. The molecule has 2 bridgehead atoms. The minimum Gasteiger partial charge on any atom is -0.459 e. The number of hydrogen-bond donors (Lipinski definition) is 1. The van der Waals surface area contributed by atoms with Crippen molar-refractivity contribution in [2.24, 2.45) is 28.8 Å². The van der Waals surface area contributed by atoms with Gasteiger partial charge in [-0.25, -0.2) is 4.79 Å². The standard InChI is InChI=1S/C47H78N2O16/c1-18-35-47(14,54)41-27(5)37(48-65-33(11)52)25(3)20-46(13,57-23-24(2)22-56-41)40(64-44-39(60-31(9)50)34(49(15)16)19-26(4)58-44)28(6)38(29(7)43(53)62-35)63-36-21-45(12,55-17)42(30(8)59-36)61-32(10)51/h25-30,34-36,38-42,44,54H,2,18-23H2,1,3-17H3/b48-37+/t25-,26-,27+,28+,29-,30+,34+,35-,36+,38+,39-,40-,41+,42+,44+,45-,46-,47-/m1/s1. The van der Waals surface area contributed by atoms with Crippen LogP contribution in [0.5, 0.6) is 0 Å². The van der Waals surface area contributed by atoms with Crippen molar-refractivity contribution in [3.05, 3.63) is 12.2 Å². The lowest BCUT2D eigenvalue weighted by Gasteiger charge is -2.50. The monoisotopic (exact) mass is 927 g/mol. The summed E-state index contributed by atoms with van der Waals surface area (Å²) in [6.45, 7) is 26.1. The van der Waals surface area contributed by atoms with Crippen molar-refractivity contribution in [2.45, 2.75) is 200 Å². The van der Waals surface area contributed by atoms with Crippen molar-refractivity contribution in [1.29, 1.82) is 0 Å². The van der Waals surface area contributed by atoms with Crippen LogP contribution < -0.4 is 0 Å². The van der Waals surface area contributed by atoms with E-state index in [4.69, 9.17) is 52.2 Å². The molecule has 0 amide bonds. The Balaban J connectivity index is 2.03. The first kappa shape index (κ1) is 54.5. The van der Waals surface area contributed by atoms with Gasteiger partial charge in [-0.3, -0.25) is 14.4 Å². The lowest BCUT2D eigenvalue weighted by atomic mass is 9.73. The lowest BCUT2D eigenvalue weighted by molar-refractivity contribution is -0.321. The van der Waals surface area contributed by atoms with Crippen LogP contribution in [0.2, 0.25) is 0 Å². The number of cyclic esters (lactones) is 1. The molecule has 1 N–H and O–H groups in total. The number of oxime groups is 1. The molecular formula is C47H78N2O16. The Morgan fingerprint density at radius 2 is 1.52 bits per heavy atom. The second-order valence-electron chi connectivity index (χ2n) is 19.6. The van der Waals surface area contributed by atoms with E-state index in [1.165, 1.54) is 27.9 Å². The number of hydrogen-bond acceptors (Lipinski definition) is 18. The van der Waals surface area contributed by atoms with Crippen LogP contribution in [0.4, 0.5) is 0 Å². The highest BCUT2D eigenvalue weighted by Gasteiger charge is 2.56. The third-order valence-corrected chi connectivity index (χ3v) is 13.7. The fraction of sp³-hybridized carbons (Fsp3) is 0.851. The normalized spacial score (nSPS) is 43.1. The van der Waals surface area contributed by atoms with E-state index in [1.54, 1.807) is 34.6 Å². The molecule has 65 heavy (non-hydrogen) atoms. The molecule has 0 aromatic heterocycles. The number of carbonyl (C=O) groups excluding carboxylic acids is 4. The first-order valence-corrected chi connectivity index (χ1v) is 23.0. The second kappa shape index (κ2) is 22.4. The molecule has 0 aromatic carbocycles. The Labute approximate surface area is 385 Å². The second-order valence-corrected chi connectivity index (χ2v) is 19.6. The van der Waals surface area contributed by atoms with Crippen LogP contribution in [0.25, 0.3) is 0 Å². The Kier molecular flexibility index (Phi) is 18.8. The molecule has 0 aromatic rings. The van der Waals surface area contributed by atoms with Gasteiger partial charge < -0.3 is 62.2 Å². The molecule has 0 aliphatic carbocycles. The number of ether oxygens (including phenoxy) is 10. The summed E-state index contributed by atoms with van der Waals surface area (Å²) in [5, 5.41) is 17.0. The SMILES string of the molecule is C=C1CO[C@H]2[C@@H](C)/C(=N/OC(C)=O)[C@H](C)C[C@@](C)(OC1)[C@H](O[C@@H]1O[C@H](C)C[C@H](N(C)C)[C@H]1OC(C)=O)[C@@H](C)[C@H](O[C@H]1C[C@@](C)(OC)[C@@H](OC(C)=O)[C@H](C)O1)[C@@H](C)C(=O)O[C@H](CC)[C@@]2(C)O. The number of methoxy groups -OCH3 is 1. The maximum atomic E-state index is 14.8. The van der Waals surface area contributed by atoms with E-state index in [2.05, 4.69) is 11.7 Å². The van der Waals surface area contributed by atoms with Gasteiger partial charge >= 0.3 is 23.9 Å². The summed E-state index contributed by atoms with van der Waals surface area (Å²) in [7, 11) is 5.31. The van der Waals surface area contributed by atoms with E-state index in [0.717, 1.165) is 0 Å². The largest absolute Gasteiger partial charge is 0.459 e. The first-order valence-electron chi connectivity index (χ1n) is 23.0. The smallest absolute Gasteiger partial charge is 0.331 e. The Bertz CT molecular complexity index is 1710. The molecular weight excluding hydrogens is 849 g/mol. The van der Waals surface area contributed by atoms with Crippen LogP contribution in [0.15, 0.2) is 17.3 Å². The highest BCUT2D eigenvalue weighted by atomic mass is 16.7. The van der Waals surface area contributed by atoms with E-state index in [1.807, 2.05) is 53.6 Å². The van der Waals surface area contributed by atoms with Gasteiger partial charge in [-0.05, 0) is 80.5 Å². The topological polar surface area (TPSA) is 206 Å².